The third kappa shape index (κ3) is 3.70. The fourth-order valence-electron chi connectivity index (χ4n) is 4.72. The SMILES string of the molecule is Cc1ccc(C(=O)O)c(C2CCC2)c1C(=O)N1CCC(c2ccc(C#N)cc2)CC1. The molecule has 1 heterocycles. The van der Waals surface area contributed by atoms with Crippen molar-refractivity contribution < 1.29 is 14.7 Å². The molecule has 1 aliphatic carbocycles. The maximum atomic E-state index is 13.5. The van der Waals surface area contributed by atoms with E-state index in [2.05, 4.69) is 6.07 Å². The van der Waals surface area contributed by atoms with Crippen LogP contribution in [0, 0.1) is 18.3 Å². The number of carboxylic acid groups (broad SMARTS) is 1. The van der Waals surface area contributed by atoms with Gasteiger partial charge < -0.3 is 10.0 Å². The normalized spacial score (nSPS) is 17.3. The van der Waals surface area contributed by atoms with E-state index in [4.69, 9.17) is 5.26 Å². The first kappa shape index (κ1) is 20.2. The van der Waals surface area contributed by atoms with Crippen LogP contribution in [0.4, 0.5) is 0 Å². The number of nitriles is 1. The zero-order valence-electron chi connectivity index (χ0n) is 17.2. The van der Waals surface area contributed by atoms with Crippen molar-refractivity contribution in [3.8, 4) is 6.07 Å². The molecule has 154 valence electrons. The number of aryl methyl sites for hydroxylation is 1. The van der Waals surface area contributed by atoms with E-state index in [1.54, 1.807) is 12.1 Å². The van der Waals surface area contributed by atoms with Crippen LogP contribution in [0.5, 0.6) is 0 Å². The van der Waals surface area contributed by atoms with Gasteiger partial charge in [-0.1, -0.05) is 24.6 Å². The molecule has 2 aliphatic rings. The Morgan fingerprint density at radius 3 is 2.20 bits per heavy atom. The molecule has 1 aliphatic heterocycles. The Hall–Kier alpha value is -3.13. The lowest BCUT2D eigenvalue weighted by molar-refractivity contribution is 0.0693. The summed E-state index contributed by atoms with van der Waals surface area (Å²) in [6.07, 6.45) is 4.72. The summed E-state index contributed by atoms with van der Waals surface area (Å²) in [5.41, 5.74) is 4.36. The van der Waals surface area contributed by atoms with Crippen LogP contribution in [0.15, 0.2) is 36.4 Å². The molecular formula is C25H26N2O3. The van der Waals surface area contributed by atoms with Gasteiger partial charge in [0.15, 0.2) is 0 Å². The highest BCUT2D eigenvalue weighted by molar-refractivity contribution is 6.01. The van der Waals surface area contributed by atoms with E-state index in [0.29, 0.717) is 30.1 Å². The number of amides is 1. The molecule has 0 bridgehead atoms. The van der Waals surface area contributed by atoms with Gasteiger partial charge in [0.05, 0.1) is 17.2 Å². The van der Waals surface area contributed by atoms with Crippen LogP contribution in [0.25, 0.3) is 0 Å². The quantitative estimate of drug-likeness (QED) is 0.792. The average Bonchev–Trinajstić information content (AvgIpc) is 2.72. The predicted molar refractivity (Wildman–Crippen MR) is 114 cm³/mol. The monoisotopic (exact) mass is 402 g/mol. The van der Waals surface area contributed by atoms with Gasteiger partial charge in [0, 0.05) is 18.7 Å². The van der Waals surface area contributed by atoms with Crippen LogP contribution in [0.2, 0.25) is 0 Å². The summed E-state index contributed by atoms with van der Waals surface area (Å²) in [7, 11) is 0. The Bertz CT molecular complexity index is 1010. The highest BCUT2D eigenvalue weighted by atomic mass is 16.4. The largest absolute Gasteiger partial charge is 0.478 e. The van der Waals surface area contributed by atoms with E-state index >= 15 is 0 Å². The number of hydrogen-bond donors (Lipinski definition) is 1. The average molecular weight is 402 g/mol. The predicted octanol–water partition coefficient (Wildman–Crippen LogP) is 4.85. The van der Waals surface area contributed by atoms with Crippen LogP contribution in [-0.2, 0) is 0 Å². The highest BCUT2D eigenvalue weighted by Crippen LogP contribution is 2.41. The number of carbonyl (C=O) groups is 2. The van der Waals surface area contributed by atoms with Crippen molar-refractivity contribution in [2.75, 3.05) is 13.1 Å². The van der Waals surface area contributed by atoms with Crippen LogP contribution in [0.3, 0.4) is 0 Å². The van der Waals surface area contributed by atoms with E-state index in [-0.39, 0.29) is 17.4 Å². The molecule has 1 saturated carbocycles. The van der Waals surface area contributed by atoms with Gasteiger partial charge in [0.1, 0.15) is 0 Å². The number of carboxylic acids is 1. The van der Waals surface area contributed by atoms with E-state index in [0.717, 1.165) is 43.2 Å². The minimum absolute atomic E-state index is 0.0317. The summed E-state index contributed by atoms with van der Waals surface area (Å²) >= 11 is 0. The second-order valence-electron chi connectivity index (χ2n) is 8.45. The zero-order valence-corrected chi connectivity index (χ0v) is 17.2. The molecule has 5 heteroatoms. The number of piperidine rings is 1. The molecule has 5 nitrogen and oxygen atoms in total. The molecule has 1 N–H and O–H groups in total. The summed E-state index contributed by atoms with van der Waals surface area (Å²) in [6.45, 7) is 3.22. The van der Waals surface area contributed by atoms with Gasteiger partial charge >= 0.3 is 5.97 Å². The lowest BCUT2D eigenvalue weighted by Gasteiger charge is -2.35. The van der Waals surface area contributed by atoms with Crippen molar-refractivity contribution in [2.24, 2.45) is 0 Å². The Balaban J connectivity index is 1.55. The second kappa shape index (κ2) is 8.31. The molecule has 30 heavy (non-hydrogen) atoms. The Kier molecular flexibility index (Phi) is 5.59. The molecule has 0 unspecified atom stereocenters. The first-order valence-electron chi connectivity index (χ1n) is 10.7. The van der Waals surface area contributed by atoms with Crippen molar-refractivity contribution in [3.63, 3.8) is 0 Å². The summed E-state index contributed by atoms with van der Waals surface area (Å²) in [6, 6.07) is 13.3. The molecule has 1 amide bonds. The maximum Gasteiger partial charge on any atom is 0.335 e. The van der Waals surface area contributed by atoms with Crippen molar-refractivity contribution in [3.05, 3.63) is 69.8 Å². The van der Waals surface area contributed by atoms with Gasteiger partial charge in [-0.15, -0.1) is 0 Å². The second-order valence-corrected chi connectivity index (χ2v) is 8.45. The number of rotatable bonds is 4. The molecule has 4 rings (SSSR count). The van der Waals surface area contributed by atoms with Crippen LogP contribution < -0.4 is 0 Å². The van der Waals surface area contributed by atoms with E-state index < -0.39 is 5.97 Å². The summed E-state index contributed by atoms with van der Waals surface area (Å²) in [5, 5.41) is 18.7. The number of hydrogen-bond acceptors (Lipinski definition) is 3. The first-order valence-corrected chi connectivity index (χ1v) is 10.7. The van der Waals surface area contributed by atoms with Crippen molar-refractivity contribution in [1.82, 2.24) is 4.90 Å². The minimum atomic E-state index is -0.953. The summed E-state index contributed by atoms with van der Waals surface area (Å²) in [5.74, 6) is -0.438. The van der Waals surface area contributed by atoms with E-state index in [1.807, 2.05) is 36.1 Å². The topological polar surface area (TPSA) is 81.4 Å². The van der Waals surface area contributed by atoms with Crippen molar-refractivity contribution in [2.45, 2.75) is 50.9 Å². The molecule has 0 atom stereocenters. The van der Waals surface area contributed by atoms with Gasteiger partial charge in [0.25, 0.3) is 5.91 Å². The first-order chi connectivity index (χ1) is 14.5. The van der Waals surface area contributed by atoms with Crippen LogP contribution in [0.1, 0.15) is 86.9 Å². The smallest absolute Gasteiger partial charge is 0.335 e. The number of benzene rings is 2. The lowest BCUT2D eigenvalue weighted by atomic mass is 9.75. The maximum absolute atomic E-state index is 13.5. The third-order valence-electron chi connectivity index (χ3n) is 6.70. The zero-order chi connectivity index (χ0) is 21.3. The van der Waals surface area contributed by atoms with Gasteiger partial charge in [-0.25, -0.2) is 4.79 Å². The molecule has 0 aromatic heterocycles. The number of carbonyl (C=O) groups excluding carboxylic acids is 1. The molecule has 0 radical (unpaired) electrons. The van der Waals surface area contributed by atoms with E-state index in [1.165, 1.54) is 5.56 Å². The number of nitrogens with zero attached hydrogens (tertiary/aromatic N) is 2. The summed E-state index contributed by atoms with van der Waals surface area (Å²) < 4.78 is 0. The van der Waals surface area contributed by atoms with E-state index in [9.17, 15) is 14.7 Å². The molecule has 2 fully saturated rings. The Morgan fingerprint density at radius 2 is 1.67 bits per heavy atom. The number of aromatic carboxylic acids is 1. The third-order valence-corrected chi connectivity index (χ3v) is 6.70. The Morgan fingerprint density at radius 1 is 1.00 bits per heavy atom. The van der Waals surface area contributed by atoms with Crippen LogP contribution in [-0.4, -0.2) is 35.0 Å². The minimum Gasteiger partial charge on any atom is -0.478 e. The fraction of sp³-hybridized carbons (Fsp3) is 0.400. The van der Waals surface area contributed by atoms with Gasteiger partial charge in [-0.05, 0) is 79.3 Å². The molecule has 1 saturated heterocycles. The Labute approximate surface area is 176 Å². The highest BCUT2D eigenvalue weighted by Gasteiger charge is 2.33. The molecular weight excluding hydrogens is 376 g/mol. The number of likely N-dealkylation sites (tertiary alicyclic amines) is 1. The lowest BCUT2D eigenvalue weighted by Crippen LogP contribution is -2.39. The van der Waals surface area contributed by atoms with Gasteiger partial charge in [-0.3, -0.25) is 4.79 Å². The van der Waals surface area contributed by atoms with Crippen LogP contribution >= 0.6 is 0 Å². The van der Waals surface area contributed by atoms with Crippen molar-refractivity contribution in [1.29, 1.82) is 5.26 Å². The molecule has 0 spiro atoms. The van der Waals surface area contributed by atoms with Gasteiger partial charge in [-0.2, -0.15) is 5.26 Å². The molecule has 2 aromatic rings. The fourth-order valence-corrected chi connectivity index (χ4v) is 4.72. The standard InChI is InChI=1S/C25H26N2O3/c1-16-5-10-21(25(29)30)23(20-3-2-4-20)22(16)24(28)27-13-11-19(12-14-27)18-8-6-17(15-26)7-9-18/h5-10,19-20H,2-4,11-14H2,1H3,(H,29,30). The molecule has 2 aromatic carbocycles. The van der Waals surface area contributed by atoms with Crippen molar-refractivity contribution >= 4 is 11.9 Å². The summed E-state index contributed by atoms with van der Waals surface area (Å²) in [4.78, 5) is 27.2. The van der Waals surface area contributed by atoms with Gasteiger partial charge in [0.2, 0.25) is 0 Å².